The predicted octanol–water partition coefficient (Wildman–Crippen LogP) is 1.74. The number of carboxylic acids is 1. The first-order valence-corrected chi connectivity index (χ1v) is 4.67. The second kappa shape index (κ2) is 4.51. The second-order valence-electron chi connectivity index (χ2n) is 3.14. The Hall–Kier alpha value is -1.26. The van der Waals surface area contributed by atoms with Crippen molar-refractivity contribution in [3.05, 3.63) is 28.3 Å². The summed E-state index contributed by atoms with van der Waals surface area (Å²) in [6.45, 7) is 1.72. The highest BCUT2D eigenvalue weighted by atomic mass is 35.5. The summed E-state index contributed by atoms with van der Waals surface area (Å²) >= 11 is 5.92. The van der Waals surface area contributed by atoms with Gasteiger partial charge in [0.1, 0.15) is 11.8 Å². The van der Waals surface area contributed by atoms with Crippen molar-refractivity contribution < 1.29 is 14.6 Å². The van der Waals surface area contributed by atoms with E-state index in [0.717, 1.165) is 0 Å². The van der Waals surface area contributed by atoms with E-state index in [0.29, 0.717) is 21.9 Å². The van der Waals surface area contributed by atoms with Crippen molar-refractivity contribution in [2.24, 2.45) is 5.73 Å². The zero-order chi connectivity index (χ0) is 11.6. The topological polar surface area (TPSA) is 72.5 Å². The molecule has 15 heavy (non-hydrogen) atoms. The third-order valence-electron chi connectivity index (χ3n) is 2.19. The minimum Gasteiger partial charge on any atom is -0.497 e. The molecule has 5 heteroatoms. The Kier molecular flexibility index (Phi) is 3.55. The second-order valence-corrected chi connectivity index (χ2v) is 3.55. The monoisotopic (exact) mass is 229 g/mol. The number of nitrogens with two attached hydrogens (primary N) is 1. The first kappa shape index (κ1) is 11.8. The Labute approximate surface area is 92.6 Å². The predicted molar refractivity (Wildman–Crippen MR) is 57.3 cm³/mol. The summed E-state index contributed by atoms with van der Waals surface area (Å²) in [6, 6.07) is 2.12. The number of hydrogen-bond donors (Lipinski definition) is 2. The van der Waals surface area contributed by atoms with Crippen molar-refractivity contribution in [1.82, 2.24) is 0 Å². The van der Waals surface area contributed by atoms with Gasteiger partial charge in [0, 0.05) is 5.02 Å². The summed E-state index contributed by atoms with van der Waals surface area (Å²) in [4.78, 5) is 10.8. The van der Waals surface area contributed by atoms with E-state index in [1.807, 2.05) is 0 Å². The van der Waals surface area contributed by atoms with Gasteiger partial charge in [0.05, 0.1) is 7.11 Å². The lowest BCUT2D eigenvalue weighted by molar-refractivity contribution is -0.138. The molecule has 82 valence electrons. The summed E-state index contributed by atoms with van der Waals surface area (Å²) < 4.78 is 4.99. The van der Waals surface area contributed by atoms with Crippen LogP contribution < -0.4 is 10.5 Å². The van der Waals surface area contributed by atoms with Gasteiger partial charge in [-0.25, -0.2) is 0 Å². The summed E-state index contributed by atoms with van der Waals surface area (Å²) in [5.74, 6) is -0.597. The molecule has 1 aromatic rings. The molecule has 0 spiro atoms. The minimum absolute atomic E-state index is 0.445. The first-order valence-electron chi connectivity index (χ1n) is 4.29. The van der Waals surface area contributed by atoms with Gasteiger partial charge in [-0.15, -0.1) is 0 Å². The first-order chi connectivity index (χ1) is 6.97. The van der Waals surface area contributed by atoms with Crippen LogP contribution in [0.25, 0.3) is 0 Å². The SMILES string of the molecule is COc1cc(Cl)c(C)c(C(N)C(=O)O)c1. The molecule has 0 saturated carbocycles. The van der Waals surface area contributed by atoms with E-state index in [2.05, 4.69) is 0 Å². The number of hydrogen-bond acceptors (Lipinski definition) is 3. The van der Waals surface area contributed by atoms with Gasteiger partial charge in [0.15, 0.2) is 0 Å². The maximum absolute atomic E-state index is 10.8. The third kappa shape index (κ3) is 2.40. The number of methoxy groups -OCH3 is 1. The number of benzene rings is 1. The zero-order valence-corrected chi connectivity index (χ0v) is 9.21. The number of rotatable bonds is 3. The Morgan fingerprint density at radius 3 is 2.67 bits per heavy atom. The lowest BCUT2D eigenvalue weighted by atomic mass is 10.0. The Balaban J connectivity index is 3.27. The highest BCUT2D eigenvalue weighted by molar-refractivity contribution is 6.31. The van der Waals surface area contributed by atoms with Crippen LogP contribution in [0.3, 0.4) is 0 Å². The molecule has 0 saturated heterocycles. The van der Waals surface area contributed by atoms with Crippen molar-refractivity contribution in [2.45, 2.75) is 13.0 Å². The molecule has 0 radical (unpaired) electrons. The standard InChI is InChI=1S/C10H12ClNO3/c1-5-7(9(12)10(13)14)3-6(15-2)4-8(5)11/h3-4,9H,12H2,1-2H3,(H,13,14). The summed E-state index contributed by atoms with van der Waals surface area (Å²) in [7, 11) is 1.48. The lowest BCUT2D eigenvalue weighted by Gasteiger charge is -2.13. The zero-order valence-electron chi connectivity index (χ0n) is 8.45. The van der Waals surface area contributed by atoms with Crippen molar-refractivity contribution in [2.75, 3.05) is 7.11 Å². The van der Waals surface area contributed by atoms with Gasteiger partial charge in [-0.2, -0.15) is 0 Å². The Morgan fingerprint density at radius 1 is 1.60 bits per heavy atom. The molecule has 0 fully saturated rings. The minimum atomic E-state index is -1.09. The van der Waals surface area contributed by atoms with Crippen LogP contribution in [0.5, 0.6) is 5.75 Å². The van der Waals surface area contributed by atoms with Crippen LogP contribution in [0.1, 0.15) is 17.2 Å². The quantitative estimate of drug-likeness (QED) is 0.828. The largest absolute Gasteiger partial charge is 0.497 e. The molecule has 0 aliphatic rings. The summed E-state index contributed by atoms with van der Waals surface area (Å²) in [6.07, 6.45) is 0. The van der Waals surface area contributed by atoms with Crippen LogP contribution in [-0.4, -0.2) is 18.2 Å². The van der Waals surface area contributed by atoms with Crippen LogP contribution in [0, 0.1) is 6.92 Å². The molecule has 0 amide bonds. The third-order valence-corrected chi connectivity index (χ3v) is 2.59. The molecule has 1 rings (SSSR count). The summed E-state index contributed by atoms with van der Waals surface area (Å²) in [5, 5.41) is 9.25. The average molecular weight is 230 g/mol. The van der Waals surface area contributed by atoms with Crippen molar-refractivity contribution in [3.8, 4) is 5.75 Å². The molecule has 1 aromatic carbocycles. The van der Waals surface area contributed by atoms with E-state index in [9.17, 15) is 4.79 Å². The molecule has 0 bridgehead atoms. The number of carboxylic acid groups (broad SMARTS) is 1. The fraction of sp³-hybridized carbons (Fsp3) is 0.300. The number of halogens is 1. The van der Waals surface area contributed by atoms with Gasteiger partial charge in [0.2, 0.25) is 0 Å². The van der Waals surface area contributed by atoms with Crippen LogP contribution in [0.2, 0.25) is 5.02 Å². The molecule has 0 aliphatic carbocycles. The highest BCUT2D eigenvalue weighted by Gasteiger charge is 2.19. The van der Waals surface area contributed by atoms with Crippen molar-refractivity contribution >= 4 is 17.6 Å². The van der Waals surface area contributed by atoms with Gasteiger partial charge in [0.25, 0.3) is 0 Å². The van der Waals surface area contributed by atoms with Crippen LogP contribution in [-0.2, 0) is 4.79 Å². The van der Waals surface area contributed by atoms with Gasteiger partial charge < -0.3 is 15.6 Å². The fourth-order valence-corrected chi connectivity index (χ4v) is 1.46. The molecular formula is C10H12ClNO3. The van der Waals surface area contributed by atoms with E-state index in [-0.39, 0.29) is 0 Å². The van der Waals surface area contributed by atoms with E-state index >= 15 is 0 Å². The van der Waals surface area contributed by atoms with E-state index < -0.39 is 12.0 Å². The van der Waals surface area contributed by atoms with Gasteiger partial charge >= 0.3 is 5.97 Å². The molecule has 0 aliphatic heterocycles. The van der Waals surface area contributed by atoms with Crippen LogP contribution in [0.15, 0.2) is 12.1 Å². The highest BCUT2D eigenvalue weighted by Crippen LogP contribution is 2.29. The van der Waals surface area contributed by atoms with Gasteiger partial charge in [-0.1, -0.05) is 11.6 Å². The molecular weight excluding hydrogens is 218 g/mol. The number of carbonyl (C=O) groups is 1. The van der Waals surface area contributed by atoms with Crippen LogP contribution >= 0.6 is 11.6 Å². The molecule has 1 unspecified atom stereocenters. The van der Waals surface area contributed by atoms with Crippen molar-refractivity contribution in [3.63, 3.8) is 0 Å². The maximum Gasteiger partial charge on any atom is 0.325 e. The van der Waals surface area contributed by atoms with Gasteiger partial charge in [-0.3, -0.25) is 4.79 Å². The van der Waals surface area contributed by atoms with Gasteiger partial charge in [-0.05, 0) is 30.2 Å². The van der Waals surface area contributed by atoms with Crippen molar-refractivity contribution in [1.29, 1.82) is 0 Å². The normalized spacial score (nSPS) is 12.3. The Bertz CT molecular complexity index is 392. The molecule has 3 N–H and O–H groups in total. The van der Waals surface area contributed by atoms with Crippen LogP contribution in [0.4, 0.5) is 0 Å². The molecule has 4 nitrogen and oxygen atoms in total. The average Bonchev–Trinajstić information content (AvgIpc) is 2.20. The lowest BCUT2D eigenvalue weighted by Crippen LogP contribution is -2.21. The number of ether oxygens (including phenoxy) is 1. The molecule has 0 aromatic heterocycles. The van der Waals surface area contributed by atoms with E-state index in [1.165, 1.54) is 7.11 Å². The smallest absolute Gasteiger partial charge is 0.325 e. The van der Waals surface area contributed by atoms with E-state index in [1.54, 1.807) is 19.1 Å². The number of aliphatic carboxylic acids is 1. The molecule has 0 heterocycles. The summed E-state index contributed by atoms with van der Waals surface area (Å²) in [5.41, 5.74) is 6.64. The molecule has 1 atom stereocenters. The maximum atomic E-state index is 10.8. The fourth-order valence-electron chi connectivity index (χ4n) is 1.25. The Morgan fingerprint density at radius 2 is 2.20 bits per heavy atom. The van der Waals surface area contributed by atoms with E-state index in [4.69, 9.17) is 27.2 Å².